The normalized spacial score (nSPS) is 18.1. The summed E-state index contributed by atoms with van der Waals surface area (Å²) in [6.07, 6.45) is 3.26. The van der Waals surface area contributed by atoms with Crippen LogP contribution in [0.4, 0.5) is 0 Å². The third-order valence-corrected chi connectivity index (χ3v) is 5.92. The number of H-pyrrole nitrogens is 1. The van der Waals surface area contributed by atoms with E-state index >= 15 is 0 Å². The molecule has 2 N–H and O–H groups in total. The van der Waals surface area contributed by atoms with Crippen LogP contribution in [0.3, 0.4) is 0 Å². The molecule has 8 heteroatoms. The topological polar surface area (TPSA) is 93.3 Å². The Balaban J connectivity index is 1.54. The molecule has 0 radical (unpaired) electrons. The van der Waals surface area contributed by atoms with Crippen molar-refractivity contribution in [2.24, 2.45) is 0 Å². The Labute approximate surface area is 134 Å². The van der Waals surface area contributed by atoms with Crippen LogP contribution in [0.15, 0.2) is 29.6 Å². The number of ether oxygens (including phenoxy) is 2. The number of nitrogens with one attached hydrogen (secondary N) is 2. The lowest BCUT2D eigenvalue weighted by molar-refractivity contribution is 0.174. The zero-order valence-corrected chi connectivity index (χ0v) is 13.4. The van der Waals surface area contributed by atoms with Gasteiger partial charge in [0, 0.05) is 12.0 Å². The first-order chi connectivity index (χ1) is 11.0. The quantitative estimate of drug-likeness (QED) is 0.863. The second kappa shape index (κ2) is 4.97. The predicted octanol–water partition coefficient (Wildman–Crippen LogP) is 1.46. The first-order valence-electron chi connectivity index (χ1n) is 7.40. The van der Waals surface area contributed by atoms with Crippen LogP contribution in [-0.2, 0) is 15.4 Å². The van der Waals surface area contributed by atoms with Gasteiger partial charge in [-0.3, -0.25) is 0 Å². The average molecular weight is 335 g/mol. The molecule has 1 aromatic heterocycles. The molecule has 1 aromatic carbocycles. The summed E-state index contributed by atoms with van der Waals surface area (Å²) in [5.74, 6) is 1.46. The SMILES string of the molecule is Cc1[nH]cnc1S(=O)(=O)NCC1(c2ccc3c(c2)OCO3)CC1. The van der Waals surface area contributed by atoms with Crippen LogP contribution in [0.1, 0.15) is 24.1 Å². The van der Waals surface area contributed by atoms with Crippen LogP contribution in [0.2, 0.25) is 0 Å². The fourth-order valence-electron chi connectivity index (χ4n) is 2.86. The van der Waals surface area contributed by atoms with Gasteiger partial charge in [-0.15, -0.1) is 0 Å². The van der Waals surface area contributed by atoms with E-state index in [9.17, 15) is 8.42 Å². The summed E-state index contributed by atoms with van der Waals surface area (Å²) in [4.78, 5) is 6.67. The molecule has 122 valence electrons. The summed E-state index contributed by atoms with van der Waals surface area (Å²) < 4.78 is 38.2. The van der Waals surface area contributed by atoms with Gasteiger partial charge in [0.15, 0.2) is 16.5 Å². The van der Waals surface area contributed by atoms with Crippen LogP contribution in [0, 0.1) is 6.92 Å². The average Bonchev–Trinajstić information content (AvgIpc) is 2.95. The summed E-state index contributed by atoms with van der Waals surface area (Å²) >= 11 is 0. The maximum Gasteiger partial charge on any atom is 0.259 e. The molecule has 7 nitrogen and oxygen atoms in total. The molecule has 0 bridgehead atoms. The van der Waals surface area contributed by atoms with Crippen molar-refractivity contribution in [2.75, 3.05) is 13.3 Å². The minimum absolute atomic E-state index is 0.0546. The summed E-state index contributed by atoms with van der Waals surface area (Å²) in [5.41, 5.74) is 1.44. The van der Waals surface area contributed by atoms with Gasteiger partial charge in [0.1, 0.15) is 0 Å². The molecule has 0 atom stereocenters. The number of sulfonamides is 1. The lowest BCUT2D eigenvalue weighted by Gasteiger charge is -2.17. The van der Waals surface area contributed by atoms with Crippen molar-refractivity contribution in [1.82, 2.24) is 14.7 Å². The van der Waals surface area contributed by atoms with Crippen molar-refractivity contribution >= 4 is 10.0 Å². The zero-order valence-electron chi connectivity index (χ0n) is 12.6. The fourth-order valence-corrected chi connectivity index (χ4v) is 4.12. The van der Waals surface area contributed by atoms with E-state index < -0.39 is 10.0 Å². The molecule has 23 heavy (non-hydrogen) atoms. The van der Waals surface area contributed by atoms with Gasteiger partial charge in [0.25, 0.3) is 10.0 Å². The van der Waals surface area contributed by atoms with E-state index in [2.05, 4.69) is 14.7 Å². The van der Waals surface area contributed by atoms with Crippen molar-refractivity contribution in [1.29, 1.82) is 0 Å². The standard InChI is InChI=1S/C15H17N3O4S/c1-10-14(17-8-16-10)23(19,20)18-7-15(4-5-15)11-2-3-12-13(6-11)22-9-21-12/h2-3,6,8,18H,4-5,7,9H2,1H3,(H,16,17). The number of aromatic amines is 1. The molecule has 0 saturated heterocycles. The van der Waals surface area contributed by atoms with Crippen LogP contribution in [-0.4, -0.2) is 31.7 Å². The minimum atomic E-state index is -3.61. The lowest BCUT2D eigenvalue weighted by atomic mass is 9.96. The smallest absolute Gasteiger partial charge is 0.259 e. The third-order valence-electron chi connectivity index (χ3n) is 4.48. The number of hydrogen-bond donors (Lipinski definition) is 2. The molecular formula is C15H17N3O4S. The molecule has 0 spiro atoms. The molecule has 1 saturated carbocycles. The lowest BCUT2D eigenvalue weighted by Crippen LogP contribution is -2.32. The number of fused-ring (bicyclic) bond motifs is 1. The van der Waals surface area contributed by atoms with Crippen molar-refractivity contribution in [2.45, 2.75) is 30.2 Å². The van der Waals surface area contributed by atoms with E-state index in [1.807, 2.05) is 18.2 Å². The van der Waals surface area contributed by atoms with Crippen molar-refractivity contribution in [3.8, 4) is 11.5 Å². The predicted molar refractivity (Wildman–Crippen MR) is 82.0 cm³/mol. The van der Waals surface area contributed by atoms with Gasteiger partial charge in [0.2, 0.25) is 6.79 Å². The second-order valence-electron chi connectivity index (χ2n) is 6.01. The Hall–Kier alpha value is -2.06. The molecule has 0 unspecified atom stereocenters. The number of aryl methyl sites for hydroxylation is 1. The monoisotopic (exact) mass is 335 g/mol. The largest absolute Gasteiger partial charge is 0.454 e. The zero-order chi connectivity index (χ0) is 16.1. The molecule has 1 fully saturated rings. The Morgan fingerprint density at radius 3 is 2.78 bits per heavy atom. The first kappa shape index (κ1) is 14.5. The Kier molecular flexibility index (Phi) is 3.14. The van der Waals surface area contributed by atoms with Crippen LogP contribution in [0.5, 0.6) is 11.5 Å². The molecule has 1 aliphatic heterocycles. The number of nitrogens with zero attached hydrogens (tertiary/aromatic N) is 1. The molecule has 1 aliphatic carbocycles. The summed E-state index contributed by atoms with van der Waals surface area (Å²) in [5, 5.41) is 0.0546. The second-order valence-corrected chi connectivity index (χ2v) is 7.69. The number of aromatic nitrogens is 2. The first-order valence-corrected chi connectivity index (χ1v) is 8.88. The van der Waals surface area contributed by atoms with Crippen molar-refractivity contribution in [3.05, 3.63) is 35.8 Å². The van der Waals surface area contributed by atoms with Crippen LogP contribution in [0.25, 0.3) is 0 Å². The van der Waals surface area contributed by atoms with Gasteiger partial charge in [-0.1, -0.05) is 6.07 Å². The maximum absolute atomic E-state index is 12.4. The summed E-state index contributed by atoms with van der Waals surface area (Å²) in [6.45, 7) is 2.27. The van der Waals surface area contributed by atoms with E-state index in [0.717, 1.165) is 29.9 Å². The molecule has 2 heterocycles. The Morgan fingerprint density at radius 2 is 2.09 bits per heavy atom. The van der Waals surface area contributed by atoms with Crippen molar-refractivity contribution < 1.29 is 17.9 Å². The van der Waals surface area contributed by atoms with Gasteiger partial charge in [0.05, 0.1) is 12.0 Å². The van der Waals surface area contributed by atoms with E-state index in [4.69, 9.17) is 9.47 Å². The highest BCUT2D eigenvalue weighted by Crippen LogP contribution is 2.50. The number of rotatable bonds is 5. The van der Waals surface area contributed by atoms with Gasteiger partial charge in [-0.05, 0) is 37.5 Å². The van der Waals surface area contributed by atoms with E-state index in [1.165, 1.54) is 6.33 Å². The van der Waals surface area contributed by atoms with Gasteiger partial charge < -0.3 is 14.5 Å². The highest BCUT2D eigenvalue weighted by Gasteiger charge is 2.45. The molecular weight excluding hydrogens is 318 g/mol. The summed E-state index contributed by atoms with van der Waals surface area (Å²) in [7, 11) is -3.61. The highest BCUT2D eigenvalue weighted by atomic mass is 32.2. The number of hydrogen-bond acceptors (Lipinski definition) is 5. The number of imidazole rings is 1. The number of benzene rings is 1. The van der Waals surface area contributed by atoms with Crippen molar-refractivity contribution in [3.63, 3.8) is 0 Å². The van der Waals surface area contributed by atoms with E-state index in [0.29, 0.717) is 12.2 Å². The van der Waals surface area contributed by atoms with Crippen LogP contribution >= 0.6 is 0 Å². The van der Waals surface area contributed by atoms with E-state index in [1.54, 1.807) is 6.92 Å². The third kappa shape index (κ3) is 2.47. The van der Waals surface area contributed by atoms with Gasteiger partial charge in [-0.2, -0.15) is 0 Å². The molecule has 2 aliphatic rings. The fraction of sp³-hybridized carbons (Fsp3) is 0.400. The summed E-state index contributed by atoms with van der Waals surface area (Å²) in [6, 6.07) is 5.81. The highest BCUT2D eigenvalue weighted by molar-refractivity contribution is 7.89. The Bertz CT molecular complexity index is 855. The maximum atomic E-state index is 12.4. The molecule has 0 amide bonds. The minimum Gasteiger partial charge on any atom is -0.454 e. The van der Waals surface area contributed by atoms with Gasteiger partial charge >= 0.3 is 0 Å². The Morgan fingerprint density at radius 1 is 1.30 bits per heavy atom. The van der Waals surface area contributed by atoms with Crippen LogP contribution < -0.4 is 14.2 Å². The van der Waals surface area contributed by atoms with E-state index in [-0.39, 0.29) is 17.2 Å². The van der Waals surface area contributed by atoms with Gasteiger partial charge in [-0.25, -0.2) is 18.1 Å². The molecule has 4 rings (SSSR count). The molecule has 2 aromatic rings.